The molecule has 1 N–H and O–H groups in total. The Balaban J connectivity index is 2.25. The summed E-state index contributed by atoms with van der Waals surface area (Å²) in [7, 11) is 1.61. The van der Waals surface area contributed by atoms with Crippen LogP contribution in [0.4, 0.5) is 0 Å². The van der Waals surface area contributed by atoms with Crippen molar-refractivity contribution in [3.8, 4) is 11.5 Å². The number of ether oxygens (including phenoxy) is 2. The van der Waals surface area contributed by atoms with Gasteiger partial charge in [-0.1, -0.05) is 52.8 Å². The Kier molecular flexibility index (Phi) is 10.6. The molecular formula is C28H39BrN2O4. The maximum Gasteiger partial charge on any atom is 0.261 e. The maximum atomic E-state index is 13.4. The second-order valence-corrected chi connectivity index (χ2v) is 10.6. The van der Waals surface area contributed by atoms with E-state index in [0.717, 1.165) is 27.8 Å². The molecule has 0 bridgehead atoms. The molecule has 0 aliphatic carbocycles. The summed E-state index contributed by atoms with van der Waals surface area (Å²) in [6.07, 6.45) is 1.31. The molecule has 2 aromatic rings. The van der Waals surface area contributed by atoms with Gasteiger partial charge in [-0.05, 0) is 76.5 Å². The van der Waals surface area contributed by atoms with Crippen molar-refractivity contribution in [1.29, 1.82) is 0 Å². The standard InChI is InChI=1S/C28H39BrN2O4/c1-8-19(3)30-27(33)24(9-2)31(17-20-10-13-22(34-7)14-11-20)26(32)18-35-25-15-12-21(16-23(25)29)28(4,5)6/h10-16,19,24H,8-9,17-18H2,1-7H3,(H,30,33)/t19-,24-/m1/s1. The monoisotopic (exact) mass is 546 g/mol. The van der Waals surface area contributed by atoms with Crippen LogP contribution < -0.4 is 14.8 Å². The molecule has 0 saturated heterocycles. The lowest BCUT2D eigenvalue weighted by Gasteiger charge is -2.31. The molecule has 0 aliphatic heterocycles. The van der Waals surface area contributed by atoms with Gasteiger partial charge in [0.25, 0.3) is 5.91 Å². The summed E-state index contributed by atoms with van der Waals surface area (Å²) in [6.45, 7) is 12.4. The third kappa shape index (κ3) is 8.27. The Morgan fingerprint density at radius 1 is 1.06 bits per heavy atom. The molecule has 35 heavy (non-hydrogen) atoms. The smallest absolute Gasteiger partial charge is 0.261 e. The van der Waals surface area contributed by atoms with Crippen molar-refractivity contribution in [2.75, 3.05) is 13.7 Å². The summed E-state index contributed by atoms with van der Waals surface area (Å²) >= 11 is 3.57. The highest BCUT2D eigenvalue weighted by atomic mass is 79.9. The van der Waals surface area contributed by atoms with E-state index in [2.05, 4.69) is 42.0 Å². The van der Waals surface area contributed by atoms with Crippen LogP contribution in [0.1, 0.15) is 65.5 Å². The minimum atomic E-state index is -0.603. The van der Waals surface area contributed by atoms with E-state index < -0.39 is 6.04 Å². The predicted molar refractivity (Wildman–Crippen MR) is 144 cm³/mol. The molecule has 0 radical (unpaired) electrons. The number of hydrogen-bond donors (Lipinski definition) is 1. The number of hydrogen-bond acceptors (Lipinski definition) is 4. The first kappa shape index (κ1) is 28.7. The maximum absolute atomic E-state index is 13.4. The summed E-state index contributed by atoms with van der Waals surface area (Å²) in [5.41, 5.74) is 2.07. The van der Waals surface area contributed by atoms with Gasteiger partial charge in [-0.3, -0.25) is 9.59 Å². The van der Waals surface area contributed by atoms with Gasteiger partial charge in [0, 0.05) is 12.6 Å². The number of nitrogens with one attached hydrogen (secondary N) is 1. The molecule has 0 saturated carbocycles. The topological polar surface area (TPSA) is 67.9 Å². The fourth-order valence-corrected chi connectivity index (χ4v) is 4.09. The lowest BCUT2D eigenvalue weighted by Crippen LogP contribution is -2.51. The van der Waals surface area contributed by atoms with Gasteiger partial charge in [-0.15, -0.1) is 0 Å². The van der Waals surface area contributed by atoms with E-state index in [1.807, 2.05) is 63.2 Å². The normalized spacial score (nSPS) is 13.0. The molecule has 0 spiro atoms. The Hall–Kier alpha value is -2.54. The van der Waals surface area contributed by atoms with Crippen molar-refractivity contribution in [3.63, 3.8) is 0 Å². The second-order valence-electron chi connectivity index (χ2n) is 9.80. The summed E-state index contributed by atoms with van der Waals surface area (Å²) < 4.78 is 11.9. The van der Waals surface area contributed by atoms with Crippen molar-refractivity contribution >= 4 is 27.7 Å². The molecule has 0 unspecified atom stereocenters. The van der Waals surface area contributed by atoms with E-state index in [-0.39, 0.29) is 29.9 Å². The van der Waals surface area contributed by atoms with Gasteiger partial charge >= 0.3 is 0 Å². The number of methoxy groups -OCH3 is 1. The first-order valence-corrected chi connectivity index (χ1v) is 12.9. The Morgan fingerprint density at radius 3 is 2.23 bits per heavy atom. The molecule has 2 aromatic carbocycles. The average molecular weight is 548 g/mol. The number of rotatable bonds is 11. The van der Waals surface area contributed by atoms with E-state index in [1.54, 1.807) is 12.0 Å². The molecule has 0 fully saturated rings. The van der Waals surface area contributed by atoms with E-state index in [4.69, 9.17) is 9.47 Å². The zero-order chi connectivity index (χ0) is 26.2. The number of benzene rings is 2. The highest BCUT2D eigenvalue weighted by Gasteiger charge is 2.29. The van der Waals surface area contributed by atoms with E-state index in [9.17, 15) is 9.59 Å². The van der Waals surface area contributed by atoms with E-state index >= 15 is 0 Å². The first-order chi connectivity index (χ1) is 16.5. The van der Waals surface area contributed by atoms with Crippen LogP contribution in [-0.2, 0) is 21.5 Å². The van der Waals surface area contributed by atoms with Gasteiger partial charge < -0.3 is 19.7 Å². The van der Waals surface area contributed by atoms with Crippen molar-refractivity contribution in [3.05, 3.63) is 58.1 Å². The quantitative estimate of drug-likeness (QED) is 0.383. The molecule has 6 nitrogen and oxygen atoms in total. The van der Waals surface area contributed by atoms with Gasteiger partial charge in [-0.2, -0.15) is 0 Å². The molecular weight excluding hydrogens is 508 g/mol. The third-order valence-corrected chi connectivity index (χ3v) is 6.67. The highest BCUT2D eigenvalue weighted by Crippen LogP contribution is 2.31. The highest BCUT2D eigenvalue weighted by molar-refractivity contribution is 9.10. The van der Waals surface area contributed by atoms with Gasteiger partial charge in [0.1, 0.15) is 17.5 Å². The van der Waals surface area contributed by atoms with E-state index in [1.165, 1.54) is 0 Å². The zero-order valence-corrected chi connectivity index (χ0v) is 23.6. The number of carbonyl (C=O) groups is 2. The van der Waals surface area contributed by atoms with E-state index in [0.29, 0.717) is 18.7 Å². The Labute approximate surface area is 218 Å². The minimum absolute atomic E-state index is 0.00334. The average Bonchev–Trinajstić information content (AvgIpc) is 2.82. The van der Waals surface area contributed by atoms with Gasteiger partial charge in [0.05, 0.1) is 11.6 Å². The van der Waals surface area contributed by atoms with Crippen LogP contribution in [0.15, 0.2) is 46.9 Å². The van der Waals surface area contributed by atoms with Gasteiger partial charge in [0.2, 0.25) is 5.91 Å². The molecule has 0 heterocycles. The van der Waals surface area contributed by atoms with Crippen LogP contribution in [0.3, 0.4) is 0 Å². The largest absolute Gasteiger partial charge is 0.497 e. The number of nitrogens with zero attached hydrogens (tertiary/aromatic N) is 1. The van der Waals surface area contributed by atoms with Crippen molar-refractivity contribution in [1.82, 2.24) is 10.2 Å². The number of amides is 2. The molecule has 2 amide bonds. The molecule has 0 aromatic heterocycles. The molecule has 2 rings (SSSR count). The van der Waals surface area contributed by atoms with Crippen LogP contribution in [-0.4, -0.2) is 42.5 Å². The zero-order valence-electron chi connectivity index (χ0n) is 22.0. The fraction of sp³-hybridized carbons (Fsp3) is 0.500. The lowest BCUT2D eigenvalue weighted by molar-refractivity contribution is -0.143. The van der Waals surface area contributed by atoms with Crippen LogP contribution >= 0.6 is 15.9 Å². The fourth-order valence-electron chi connectivity index (χ4n) is 3.60. The summed E-state index contributed by atoms with van der Waals surface area (Å²) in [4.78, 5) is 28.1. The van der Waals surface area contributed by atoms with Crippen LogP contribution in [0.5, 0.6) is 11.5 Å². The van der Waals surface area contributed by atoms with Crippen molar-refractivity contribution in [2.45, 2.75) is 78.4 Å². The van der Waals surface area contributed by atoms with Gasteiger partial charge in [-0.25, -0.2) is 0 Å². The van der Waals surface area contributed by atoms with Crippen LogP contribution in [0.25, 0.3) is 0 Å². The number of halogens is 1. The molecule has 0 aliphatic rings. The summed E-state index contributed by atoms with van der Waals surface area (Å²) in [5.74, 6) is 0.922. The molecule has 7 heteroatoms. The predicted octanol–water partition coefficient (Wildman–Crippen LogP) is 5.86. The Bertz CT molecular complexity index is 985. The van der Waals surface area contributed by atoms with Crippen molar-refractivity contribution < 1.29 is 19.1 Å². The Morgan fingerprint density at radius 2 is 1.71 bits per heavy atom. The summed E-state index contributed by atoms with van der Waals surface area (Å²) in [6, 6.07) is 12.8. The first-order valence-electron chi connectivity index (χ1n) is 12.2. The SMILES string of the molecule is CC[C@@H](C)NC(=O)[C@@H](CC)N(Cc1ccc(OC)cc1)C(=O)COc1ccc(C(C)(C)C)cc1Br. The molecule has 192 valence electrons. The van der Waals surface area contributed by atoms with Crippen LogP contribution in [0.2, 0.25) is 0 Å². The molecule has 2 atom stereocenters. The minimum Gasteiger partial charge on any atom is -0.497 e. The van der Waals surface area contributed by atoms with Crippen LogP contribution in [0, 0.1) is 0 Å². The number of carbonyl (C=O) groups excluding carboxylic acids is 2. The van der Waals surface area contributed by atoms with Crippen molar-refractivity contribution in [2.24, 2.45) is 0 Å². The lowest BCUT2D eigenvalue weighted by atomic mass is 9.87. The third-order valence-electron chi connectivity index (χ3n) is 6.05. The van der Waals surface area contributed by atoms with Gasteiger partial charge in [0.15, 0.2) is 6.61 Å². The second kappa shape index (κ2) is 13.0. The summed E-state index contributed by atoms with van der Waals surface area (Å²) in [5, 5.41) is 3.02.